The van der Waals surface area contributed by atoms with Crippen LogP contribution in [0.1, 0.15) is 70.2 Å². The third-order valence-corrected chi connectivity index (χ3v) is 9.13. The summed E-state index contributed by atoms with van der Waals surface area (Å²) < 4.78 is 5.71. The van der Waals surface area contributed by atoms with E-state index in [4.69, 9.17) is 14.7 Å². The first-order valence-electron chi connectivity index (χ1n) is 14.9. The molecule has 4 heterocycles. The Kier molecular flexibility index (Phi) is 5.48. The number of nitrogens with zero attached hydrogens (tertiary/aromatic N) is 3. The van der Waals surface area contributed by atoms with E-state index in [9.17, 15) is 4.79 Å². The second kappa shape index (κ2) is 9.05. The first kappa shape index (κ1) is 24.9. The van der Waals surface area contributed by atoms with Gasteiger partial charge in [0, 0.05) is 23.8 Å². The number of fused-ring (bicyclic) bond motifs is 2. The summed E-state index contributed by atoms with van der Waals surface area (Å²) in [5.41, 5.74) is 5.94. The normalized spacial score (nSPS) is 27.9. The molecule has 210 valence electrons. The number of carbonyl (C=O) groups excluding carboxylic acids is 1. The molecule has 1 amide bonds. The lowest BCUT2D eigenvalue weighted by Crippen LogP contribution is -2.38. The number of aromatic amines is 2. The van der Waals surface area contributed by atoms with E-state index in [0.717, 1.165) is 64.1 Å². The summed E-state index contributed by atoms with van der Waals surface area (Å²) in [5, 5.41) is 3.67. The molecule has 8 nitrogen and oxygen atoms in total. The van der Waals surface area contributed by atoms with Crippen LogP contribution in [0.4, 0.5) is 4.79 Å². The number of ether oxygens (including phenoxy) is 1. The van der Waals surface area contributed by atoms with Gasteiger partial charge in [-0.1, -0.05) is 48.5 Å². The summed E-state index contributed by atoms with van der Waals surface area (Å²) in [6.45, 7) is 5.73. The van der Waals surface area contributed by atoms with Crippen LogP contribution in [0.2, 0.25) is 0 Å². The van der Waals surface area contributed by atoms with Crippen LogP contribution in [0.3, 0.4) is 0 Å². The van der Waals surface area contributed by atoms with Crippen molar-refractivity contribution in [2.45, 2.75) is 76.2 Å². The minimum atomic E-state index is -0.513. The van der Waals surface area contributed by atoms with Crippen LogP contribution in [-0.4, -0.2) is 48.6 Å². The molecule has 0 radical (unpaired) electrons. The molecule has 2 aromatic heterocycles. The van der Waals surface area contributed by atoms with Gasteiger partial charge in [0.2, 0.25) is 0 Å². The van der Waals surface area contributed by atoms with Crippen LogP contribution >= 0.6 is 0 Å². The number of H-pyrrole nitrogens is 2. The SMILES string of the molecule is CC(C)(C)OC(=O)N1[C@@H]2C[C@@H]2C[C@H]1c1ncc(-c2ccc(-c3ccc(-c4c[nH]c([C@@H]5C[C@H]6C[C@H]6N5)n4)cc3)cc2)[nH]1. The van der Waals surface area contributed by atoms with Crippen LogP contribution in [-0.2, 0) is 4.74 Å². The molecule has 0 bridgehead atoms. The Bertz CT molecular complexity index is 1590. The Labute approximate surface area is 239 Å². The van der Waals surface area contributed by atoms with Crippen molar-refractivity contribution < 1.29 is 9.53 Å². The molecule has 2 saturated heterocycles. The molecule has 3 N–H and O–H groups in total. The van der Waals surface area contributed by atoms with Crippen molar-refractivity contribution in [3.8, 4) is 33.6 Å². The van der Waals surface area contributed by atoms with Crippen molar-refractivity contribution in [3.05, 3.63) is 72.6 Å². The van der Waals surface area contributed by atoms with Gasteiger partial charge in [0.05, 0.1) is 29.7 Å². The molecule has 4 fully saturated rings. The summed E-state index contributed by atoms with van der Waals surface area (Å²) in [6, 6.07) is 18.4. The van der Waals surface area contributed by atoms with Crippen LogP contribution < -0.4 is 5.32 Å². The van der Waals surface area contributed by atoms with Crippen LogP contribution in [0, 0.1) is 11.8 Å². The summed E-state index contributed by atoms with van der Waals surface area (Å²) in [7, 11) is 0. The first-order chi connectivity index (χ1) is 19.8. The van der Waals surface area contributed by atoms with E-state index in [-0.39, 0.29) is 18.2 Å². The second-order valence-electron chi connectivity index (χ2n) is 13.3. The molecule has 0 spiro atoms. The van der Waals surface area contributed by atoms with Crippen molar-refractivity contribution >= 4 is 6.09 Å². The number of benzene rings is 2. The lowest BCUT2D eigenvalue weighted by atomic mass is 10.0. The number of imidazole rings is 2. The minimum Gasteiger partial charge on any atom is -0.444 e. The zero-order valence-electron chi connectivity index (χ0n) is 23.7. The van der Waals surface area contributed by atoms with Gasteiger partial charge in [0.15, 0.2) is 0 Å². The number of likely N-dealkylation sites (tertiary alicyclic amines) is 1. The average molecular weight is 549 g/mol. The maximum atomic E-state index is 13.0. The predicted molar refractivity (Wildman–Crippen MR) is 157 cm³/mol. The molecule has 41 heavy (non-hydrogen) atoms. The second-order valence-corrected chi connectivity index (χ2v) is 13.3. The molecule has 2 aliphatic carbocycles. The Balaban J connectivity index is 0.952. The topological polar surface area (TPSA) is 98.9 Å². The van der Waals surface area contributed by atoms with Crippen LogP contribution in [0.5, 0.6) is 0 Å². The van der Waals surface area contributed by atoms with Crippen molar-refractivity contribution in [1.82, 2.24) is 30.2 Å². The highest BCUT2D eigenvalue weighted by molar-refractivity contribution is 5.72. The van der Waals surface area contributed by atoms with Gasteiger partial charge in [-0.15, -0.1) is 0 Å². The van der Waals surface area contributed by atoms with Gasteiger partial charge in [-0.05, 0) is 75.0 Å². The van der Waals surface area contributed by atoms with Crippen LogP contribution in [0.25, 0.3) is 33.6 Å². The van der Waals surface area contributed by atoms with E-state index in [1.54, 1.807) is 0 Å². The monoisotopic (exact) mass is 548 g/mol. The third-order valence-electron chi connectivity index (χ3n) is 9.13. The van der Waals surface area contributed by atoms with E-state index in [0.29, 0.717) is 18.0 Å². The van der Waals surface area contributed by atoms with Crippen molar-refractivity contribution in [2.75, 3.05) is 0 Å². The van der Waals surface area contributed by atoms with Gasteiger partial charge in [-0.25, -0.2) is 14.8 Å². The Morgan fingerprint density at radius 3 is 2.27 bits per heavy atom. The van der Waals surface area contributed by atoms with Gasteiger partial charge < -0.3 is 20.0 Å². The van der Waals surface area contributed by atoms with E-state index in [2.05, 4.69) is 63.8 Å². The lowest BCUT2D eigenvalue weighted by molar-refractivity contribution is 0.0175. The smallest absolute Gasteiger partial charge is 0.411 e. The quantitative estimate of drug-likeness (QED) is 0.260. The molecule has 4 aromatic rings. The maximum absolute atomic E-state index is 13.0. The van der Waals surface area contributed by atoms with Gasteiger partial charge in [0.1, 0.15) is 17.2 Å². The van der Waals surface area contributed by atoms with Crippen molar-refractivity contribution in [3.63, 3.8) is 0 Å². The zero-order chi connectivity index (χ0) is 27.9. The Morgan fingerprint density at radius 2 is 1.59 bits per heavy atom. The number of amides is 1. The summed E-state index contributed by atoms with van der Waals surface area (Å²) in [5.74, 6) is 3.29. The first-order valence-corrected chi connectivity index (χ1v) is 14.9. The standard InChI is InChI=1S/C33H36N6O2/c1-33(2,3)41-32(40)39-28-14-23(28)15-29(39)31-35-17-27(38-31)21-10-6-19(7-11-21)18-4-8-20(9-5-18)26-16-34-30(37-26)25-13-22-12-24(22)36-25/h4-11,16-17,22-25,28-29,36H,12-15H2,1-3H3,(H,34,37)(H,35,38)/t22-,23-,24-,25+,28-,29+/m1/s1. The van der Waals surface area contributed by atoms with Gasteiger partial charge in [0.25, 0.3) is 0 Å². The number of rotatable bonds is 5. The summed E-state index contributed by atoms with van der Waals surface area (Å²) >= 11 is 0. The largest absolute Gasteiger partial charge is 0.444 e. The molecule has 4 aliphatic rings. The van der Waals surface area contributed by atoms with Crippen molar-refractivity contribution in [2.24, 2.45) is 11.8 Å². The predicted octanol–water partition coefficient (Wildman–Crippen LogP) is 6.63. The average Bonchev–Trinajstić information content (AvgIpc) is 3.54. The highest BCUT2D eigenvalue weighted by atomic mass is 16.6. The Hall–Kier alpha value is -3.91. The lowest BCUT2D eigenvalue weighted by Gasteiger charge is -2.29. The Morgan fingerprint density at radius 1 is 0.878 bits per heavy atom. The summed E-state index contributed by atoms with van der Waals surface area (Å²) in [6.07, 6.45) is 8.17. The molecule has 0 unspecified atom stereocenters. The molecular weight excluding hydrogens is 512 g/mol. The van der Waals surface area contributed by atoms with E-state index < -0.39 is 5.60 Å². The minimum absolute atomic E-state index is 0.0641. The molecule has 6 atom stereocenters. The van der Waals surface area contributed by atoms with Gasteiger partial charge in [-0.3, -0.25) is 4.90 Å². The van der Waals surface area contributed by atoms with Gasteiger partial charge in [-0.2, -0.15) is 0 Å². The van der Waals surface area contributed by atoms with E-state index in [1.807, 2.05) is 38.1 Å². The highest BCUT2D eigenvalue weighted by Crippen LogP contribution is 2.53. The number of carbonyl (C=O) groups is 1. The van der Waals surface area contributed by atoms with Crippen LogP contribution in [0.15, 0.2) is 60.9 Å². The molecule has 8 heteroatoms. The molecule has 2 saturated carbocycles. The third kappa shape index (κ3) is 4.64. The number of piperidine rings is 2. The molecule has 8 rings (SSSR count). The molecule has 2 aromatic carbocycles. The number of hydrogen-bond donors (Lipinski definition) is 3. The number of nitrogens with one attached hydrogen (secondary N) is 3. The van der Waals surface area contributed by atoms with E-state index >= 15 is 0 Å². The fraction of sp³-hybridized carbons (Fsp3) is 0.424. The van der Waals surface area contributed by atoms with Gasteiger partial charge >= 0.3 is 6.09 Å². The fourth-order valence-electron chi connectivity index (χ4n) is 6.80. The maximum Gasteiger partial charge on any atom is 0.411 e. The molecular formula is C33H36N6O2. The number of aromatic nitrogens is 4. The van der Waals surface area contributed by atoms with Crippen molar-refractivity contribution in [1.29, 1.82) is 0 Å². The fourth-order valence-corrected chi connectivity index (χ4v) is 6.80. The number of hydrogen-bond acceptors (Lipinski definition) is 5. The molecule has 2 aliphatic heterocycles. The zero-order valence-corrected chi connectivity index (χ0v) is 23.7. The van der Waals surface area contributed by atoms with E-state index in [1.165, 1.54) is 12.8 Å². The summed E-state index contributed by atoms with van der Waals surface area (Å²) in [4.78, 5) is 31.3. The highest BCUT2D eigenvalue weighted by Gasteiger charge is 2.56.